The predicted molar refractivity (Wildman–Crippen MR) is 66.4 cm³/mol. The minimum Gasteiger partial charge on any atom is -0.347 e. The van der Waals surface area contributed by atoms with Gasteiger partial charge in [0.05, 0.1) is 0 Å². The van der Waals surface area contributed by atoms with Crippen LogP contribution in [0.25, 0.3) is 0 Å². The third kappa shape index (κ3) is 4.03. The van der Waals surface area contributed by atoms with Crippen LogP contribution in [0.4, 0.5) is 0 Å². The van der Waals surface area contributed by atoms with Gasteiger partial charge in [0.15, 0.2) is 0 Å². The number of benzene rings is 1. The normalized spacial score (nSPS) is 11.2. The van der Waals surface area contributed by atoms with Gasteiger partial charge in [0.1, 0.15) is 0 Å². The summed E-state index contributed by atoms with van der Waals surface area (Å²) in [6.07, 6.45) is 0. The maximum absolute atomic E-state index is 11.9. The minimum atomic E-state index is -0.198. The van der Waals surface area contributed by atoms with E-state index in [1.54, 1.807) is 0 Å². The first kappa shape index (κ1) is 12.7. The quantitative estimate of drug-likeness (QED) is 0.817. The van der Waals surface area contributed by atoms with Gasteiger partial charge in [0.25, 0.3) is 5.91 Å². The Balaban J connectivity index is 2.79. The molecule has 1 amide bonds. The lowest BCUT2D eigenvalue weighted by Crippen LogP contribution is -2.40. The van der Waals surface area contributed by atoms with E-state index in [1.165, 1.54) is 0 Å². The van der Waals surface area contributed by atoms with E-state index in [0.717, 1.165) is 12.1 Å². The molecule has 3 heteroatoms. The number of hydrogen-bond donors (Lipinski definition) is 2. The highest BCUT2D eigenvalue weighted by Crippen LogP contribution is 2.07. The lowest BCUT2D eigenvalue weighted by Gasteiger charge is -2.20. The van der Waals surface area contributed by atoms with Gasteiger partial charge in [-0.3, -0.25) is 4.79 Å². The lowest BCUT2D eigenvalue weighted by molar-refractivity contribution is 0.0919. The molecule has 0 saturated carbocycles. The first-order valence-electron chi connectivity index (χ1n) is 5.48. The minimum absolute atomic E-state index is 0.0227. The molecule has 2 N–H and O–H groups in total. The maximum atomic E-state index is 11.9. The number of carbonyl (C=O) groups excluding carboxylic acids is 1. The van der Waals surface area contributed by atoms with E-state index in [9.17, 15) is 4.79 Å². The fourth-order valence-electron chi connectivity index (χ4n) is 1.44. The molecule has 0 spiro atoms. The highest BCUT2D eigenvalue weighted by Gasteiger charge is 2.15. The third-order valence-electron chi connectivity index (χ3n) is 2.06. The molecule has 0 radical (unpaired) electrons. The second-order valence-corrected chi connectivity index (χ2v) is 4.93. The Hall–Kier alpha value is -1.35. The van der Waals surface area contributed by atoms with Crippen LogP contribution in [0.2, 0.25) is 0 Å². The first-order chi connectivity index (χ1) is 7.42. The molecule has 88 valence electrons. The molecule has 0 fully saturated rings. The molecule has 0 atom stereocenters. The van der Waals surface area contributed by atoms with Gasteiger partial charge in [0, 0.05) is 17.6 Å². The van der Waals surface area contributed by atoms with E-state index < -0.39 is 0 Å². The van der Waals surface area contributed by atoms with Crippen molar-refractivity contribution in [3.63, 3.8) is 0 Å². The van der Waals surface area contributed by atoms with Gasteiger partial charge in [-0.05, 0) is 45.5 Å². The lowest BCUT2D eigenvalue weighted by atomic mass is 10.1. The molecule has 0 aliphatic heterocycles. The van der Waals surface area contributed by atoms with Gasteiger partial charge < -0.3 is 10.6 Å². The van der Waals surface area contributed by atoms with E-state index >= 15 is 0 Å². The van der Waals surface area contributed by atoms with E-state index in [1.807, 2.05) is 52.1 Å². The summed E-state index contributed by atoms with van der Waals surface area (Å²) in [6, 6.07) is 7.66. The van der Waals surface area contributed by atoms with Crippen LogP contribution in [0, 0.1) is 0 Å². The third-order valence-corrected chi connectivity index (χ3v) is 2.06. The topological polar surface area (TPSA) is 41.1 Å². The molecular formula is C13H20N2O. The van der Waals surface area contributed by atoms with Crippen molar-refractivity contribution in [2.45, 2.75) is 32.9 Å². The molecule has 3 nitrogen and oxygen atoms in total. The van der Waals surface area contributed by atoms with E-state index in [-0.39, 0.29) is 11.4 Å². The zero-order valence-electron chi connectivity index (χ0n) is 10.4. The van der Waals surface area contributed by atoms with Crippen molar-refractivity contribution in [1.82, 2.24) is 10.6 Å². The van der Waals surface area contributed by atoms with Crippen LogP contribution in [-0.4, -0.2) is 18.5 Å². The molecule has 0 unspecified atom stereocenters. The monoisotopic (exact) mass is 220 g/mol. The summed E-state index contributed by atoms with van der Waals surface area (Å²) >= 11 is 0. The zero-order valence-corrected chi connectivity index (χ0v) is 10.4. The number of carbonyl (C=O) groups is 1. The van der Waals surface area contributed by atoms with Crippen LogP contribution in [0.3, 0.4) is 0 Å². The zero-order chi connectivity index (χ0) is 12.2. The SMILES string of the molecule is CNCc1cccc(C(=O)NC(C)(C)C)c1. The number of nitrogens with one attached hydrogen (secondary N) is 2. The van der Waals surface area contributed by atoms with Crippen LogP contribution in [0.5, 0.6) is 0 Å². The number of hydrogen-bond acceptors (Lipinski definition) is 2. The molecule has 1 aromatic carbocycles. The second kappa shape index (κ2) is 5.12. The largest absolute Gasteiger partial charge is 0.347 e. The van der Waals surface area contributed by atoms with Crippen molar-refractivity contribution in [3.05, 3.63) is 35.4 Å². The van der Waals surface area contributed by atoms with Crippen molar-refractivity contribution in [2.75, 3.05) is 7.05 Å². The molecule has 0 saturated heterocycles. The van der Waals surface area contributed by atoms with Gasteiger partial charge in [0.2, 0.25) is 0 Å². The fraction of sp³-hybridized carbons (Fsp3) is 0.462. The van der Waals surface area contributed by atoms with Crippen molar-refractivity contribution >= 4 is 5.91 Å². The van der Waals surface area contributed by atoms with Crippen LogP contribution in [0.15, 0.2) is 24.3 Å². The molecule has 0 aromatic heterocycles. The Kier molecular flexibility index (Phi) is 4.07. The summed E-state index contributed by atoms with van der Waals surface area (Å²) in [4.78, 5) is 11.9. The molecule has 0 aliphatic carbocycles. The highest BCUT2D eigenvalue weighted by atomic mass is 16.1. The van der Waals surface area contributed by atoms with Crippen molar-refractivity contribution in [1.29, 1.82) is 0 Å². The summed E-state index contributed by atoms with van der Waals surface area (Å²) in [7, 11) is 1.89. The average molecular weight is 220 g/mol. The first-order valence-corrected chi connectivity index (χ1v) is 5.48. The standard InChI is InChI=1S/C13H20N2O/c1-13(2,3)15-12(16)11-7-5-6-10(8-11)9-14-4/h5-8,14H,9H2,1-4H3,(H,15,16). The number of rotatable bonds is 3. The molecule has 0 heterocycles. The smallest absolute Gasteiger partial charge is 0.251 e. The van der Waals surface area contributed by atoms with Crippen molar-refractivity contribution < 1.29 is 4.79 Å². The summed E-state index contributed by atoms with van der Waals surface area (Å²) < 4.78 is 0. The van der Waals surface area contributed by atoms with Gasteiger partial charge in [-0.15, -0.1) is 0 Å². The molecule has 1 rings (SSSR count). The van der Waals surface area contributed by atoms with Crippen LogP contribution < -0.4 is 10.6 Å². The summed E-state index contributed by atoms with van der Waals surface area (Å²) in [5, 5.41) is 6.01. The fourth-order valence-corrected chi connectivity index (χ4v) is 1.44. The van der Waals surface area contributed by atoms with Gasteiger partial charge in [-0.25, -0.2) is 0 Å². The maximum Gasteiger partial charge on any atom is 0.251 e. The van der Waals surface area contributed by atoms with Crippen LogP contribution in [-0.2, 0) is 6.54 Å². The van der Waals surface area contributed by atoms with Gasteiger partial charge in [-0.2, -0.15) is 0 Å². The molecule has 0 aliphatic rings. The molecular weight excluding hydrogens is 200 g/mol. The van der Waals surface area contributed by atoms with Gasteiger partial charge in [-0.1, -0.05) is 12.1 Å². The summed E-state index contributed by atoms with van der Waals surface area (Å²) in [5.41, 5.74) is 1.63. The van der Waals surface area contributed by atoms with Crippen molar-refractivity contribution in [2.24, 2.45) is 0 Å². The second-order valence-electron chi connectivity index (χ2n) is 4.93. The summed E-state index contributed by atoms with van der Waals surface area (Å²) in [6.45, 7) is 6.70. The van der Waals surface area contributed by atoms with E-state index in [4.69, 9.17) is 0 Å². The van der Waals surface area contributed by atoms with Crippen molar-refractivity contribution in [3.8, 4) is 0 Å². The Morgan fingerprint density at radius 3 is 2.56 bits per heavy atom. The Bertz CT molecular complexity index is 366. The van der Waals surface area contributed by atoms with Crippen LogP contribution in [0.1, 0.15) is 36.7 Å². The Morgan fingerprint density at radius 2 is 2.00 bits per heavy atom. The Labute approximate surface area is 97.2 Å². The molecule has 1 aromatic rings. The summed E-state index contributed by atoms with van der Waals surface area (Å²) in [5.74, 6) is -0.0227. The highest BCUT2D eigenvalue weighted by molar-refractivity contribution is 5.94. The predicted octanol–water partition coefficient (Wildman–Crippen LogP) is 1.93. The van der Waals surface area contributed by atoms with Gasteiger partial charge >= 0.3 is 0 Å². The van der Waals surface area contributed by atoms with E-state index in [2.05, 4.69) is 10.6 Å². The molecule has 0 bridgehead atoms. The average Bonchev–Trinajstić information content (AvgIpc) is 2.16. The number of amides is 1. The van der Waals surface area contributed by atoms with Crippen LogP contribution >= 0.6 is 0 Å². The van der Waals surface area contributed by atoms with E-state index in [0.29, 0.717) is 5.56 Å². The Morgan fingerprint density at radius 1 is 1.31 bits per heavy atom. The molecule has 16 heavy (non-hydrogen) atoms.